The standard InChI is InChI=1S/C12H22N2O/c1-11(2)5-8-6-12(3,4)14(11)7-9(8)10(13)15/h8-9H,5-7H2,1-4H3,(H2,13,15). The predicted molar refractivity (Wildman–Crippen MR) is 60.3 cm³/mol. The van der Waals surface area contributed by atoms with Gasteiger partial charge >= 0.3 is 0 Å². The van der Waals surface area contributed by atoms with Crippen LogP contribution >= 0.6 is 0 Å². The van der Waals surface area contributed by atoms with Crippen LogP contribution in [0.25, 0.3) is 0 Å². The molecule has 0 aliphatic carbocycles. The minimum absolute atomic E-state index is 0.0750. The van der Waals surface area contributed by atoms with E-state index in [9.17, 15) is 4.79 Å². The van der Waals surface area contributed by atoms with Crippen molar-refractivity contribution < 1.29 is 4.79 Å². The van der Waals surface area contributed by atoms with Crippen molar-refractivity contribution in [3.05, 3.63) is 0 Å². The zero-order valence-electron chi connectivity index (χ0n) is 10.2. The maximum atomic E-state index is 11.4. The molecule has 3 nitrogen and oxygen atoms in total. The summed E-state index contributed by atoms with van der Waals surface area (Å²) in [6.07, 6.45) is 2.20. The molecular formula is C12H22N2O. The summed E-state index contributed by atoms with van der Waals surface area (Å²) in [5.74, 6) is 0.444. The van der Waals surface area contributed by atoms with Crippen LogP contribution in [0.2, 0.25) is 0 Å². The van der Waals surface area contributed by atoms with Gasteiger partial charge in [-0.3, -0.25) is 9.69 Å². The highest BCUT2D eigenvalue weighted by molar-refractivity contribution is 5.77. The quantitative estimate of drug-likeness (QED) is 0.710. The normalized spacial score (nSPS) is 41.5. The number of hydrogen-bond acceptors (Lipinski definition) is 2. The molecule has 2 bridgehead atoms. The number of fused-ring (bicyclic) bond motifs is 3. The van der Waals surface area contributed by atoms with Crippen molar-refractivity contribution in [3.8, 4) is 0 Å². The zero-order chi connectivity index (χ0) is 11.4. The summed E-state index contributed by atoms with van der Waals surface area (Å²) >= 11 is 0. The molecule has 3 saturated heterocycles. The van der Waals surface area contributed by atoms with E-state index < -0.39 is 0 Å². The lowest BCUT2D eigenvalue weighted by molar-refractivity contribution is -0.149. The molecule has 1 unspecified atom stereocenters. The average Bonchev–Trinajstić information content (AvgIpc) is 1.98. The first-order chi connectivity index (χ1) is 6.74. The van der Waals surface area contributed by atoms with Gasteiger partial charge in [0.25, 0.3) is 0 Å². The summed E-state index contributed by atoms with van der Waals surface area (Å²) in [6, 6.07) is 0. The van der Waals surface area contributed by atoms with E-state index >= 15 is 0 Å². The Labute approximate surface area is 92.0 Å². The van der Waals surface area contributed by atoms with E-state index in [1.54, 1.807) is 0 Å². The highest BCUT2D eigenvalue weighted by atomic mass is 16.1. The van der Waals surface area contributed by atoms with Crippen molar-refractivity contribution >= 4 is 5.91 Å². The molecule has 3 heterocycles. The maximum Gasteiger partial charge on any atom is 0.222 e. The largest absolute Gasteiger partial charge is 0.369 e. The second kappa shape index (κ2) is 2.97. The van der Waals surface area contributed by atoms with Crippen LogP contribution in [0.15, 0.2) is 0 Å². The van der Waals surface area contributed by atoms with Gasteiger partial charge in [0, 0.05) is 17.6 Å². The van der Waals surface area contributed by atoms with Crippen LogP contribution < -0.4 is 5.73 Å². The molecule has 0 aromatic carbocycles. The van der Waals surface area contributed by atoms with Crippen LogP contribution in [0, 0.1) is 11.8 Å². The van der Waals surface area contributed by atoms with Crippen LogP contribution in [0.4, 0.5) is 0 Å². The second-order valence-electron chi connectivity index (χ2n) is 6.41. The van der Waals surface area contributed by atoms with E-state index in [2.05, 4.69) is 32.6 Å². The Morgan fingerprint density at radius 3 is 2.00 bits per heavy atom. The maximum absolute atomic E-state index is 11.4. The molecule has 0 spiro atoms. The summed E-state index contributed by atoms with van der Waals surface area (Å²) < 4.78 is 0. The smallest absolute Gasteiger partial charge is 0.222 e. The van der Waals surface area contributed by atoms with Gasteiger partial charge in [0.1, 0.15) is 0 Å². The molecule has 3 heteroatoms. The Balaban J connectivity index is 2.29. The Hall–Kier alpha value is -0.570. The number of piperidine rings is 3. The second-order valence-corrected chi connectivity index (χ2v) is 6.41. The number of primary amides is 1. The van der Waals surface area contributed by atoms with Gasteiger partial charge in [0.05, 0.1) is 5.92 Å². The number of carbonyl (C=O) groups is 1. The van der Waals surface area contributed by atoms with Gasteiger partial charge < -0.3 is 5.73 Å². The van der Waals surface area contributed by atoms with Crippen molar-refractivity contribution in [1.29, 1.82) is 0 Å². The number of nitrogens with two attached hydrogens (primary N) is 1. The summed E-state index contributed by atoms with van der Waals surface area (Å²) in [6.45, 7) is 9.95. The van der Waals surface area contributed by atoms with Gasteiger partial charge in [-0.25, -0.2) is 0 Å². The summed E-state index contributed by atoms with van der Waals surface area (Å²) in [7, 11) is 0. The first-order valence-electron chi connectivity index (χ1n) is 5.81. The molecule has 3 fully saturated rings. The Bertz CT molecular complexity index is 278. The number of hydrogen-bond donors (Lipinski definition) is 1. The molecule has 15 heavy (non-hydrogen) atoms. The van der Waals surface area contributed by atoms with E-state index in [1.807, 2.05) is 0 Å². The number of carbonyl (C=O) groups excluding carboxylic acids is 1. The number of amides is 1. The molecule has 3 rings (SSSR count). The molecule has 1 amide bonds. The fraction of sp³-hybridized carbons (Fsp3) is 0.917. The molecule has 2 N–H and O–H groups in total. The molecule has 3 aliphatic heterocycles. The van der Waals surface area contributed by atoms with Gasteiger partial charge in [-0.2, -0.15) is 0 Å². The lowest BCUT2D eigenvalue weighted by Gasteiger charge is -2.62. The summed E-state index contributed by atoms with van der Waals surface area (Å²) in [4.78, 5) is 13.8. The van der Waals surface area contributed by atoms with Gasteiger partial charge in [-0.1, -0.05) is 0 Å². The SMILES string of the molecule is CC1(C)CC2CC(C)(C)N1CC2C(N)=O. The van der Waals surface area contributed by atoms with Crippen LogP contribution in [0.3, 0.4) is 0 Å². The number of nitrogens with zero attached hydrogens (tertiary/aromatic N) is 1. The highest BCUT2D eigenvalue weighted by Crippen LogP contribution is 2.49. The van der Waals surface area contributed by atoms with Crippen molar-refractivity contribution in [3.63, 3.8) is 0 Å². The zero-order valence-corrected chi connectivity index (χ0v) is 10.2. The van der Waals surface area contributed by atoms with Crippen LogP contribution in [0.5, 0.6) is 0 Å². The Morgan fingerprint density at radius 1 is 1.20 bits per heavy atom. The fourth-order valence-corrected chi connectivity index (χ4v) is 3.84. The lowest BCUT2D eigenvalue weighted by atomic mass is 9.64. The van der Waals surface area contributed by atoms with Gasteiger partial charge in [0.2, 0.25) is 5.91 Å². The van der Waals surface area contributed by atoms with Gasteiger partial charge in [-0.05, 0) is 46.5 Å². The number of rotatable bonds is 1. The minimum Gasteiger partial charge on any atom is -0.369 e. The Morgan fingerprint density at radius 2 is 1.67 bits per heavy atom. The molecule has 0 aromatic rings. The predicted octanol–water partition coefficient (Wildman–Crippen LogP) is 1.37. The van der Waals surface area contributed by atoms with Crippen LogP contribution in [-0.4, -0.2) is 28.4 Å². The lowest BCUT2D eigenvalue weighted by Crippen LogP contribution is -2.68. The van der Waals surface area contributed by atoms with Crippen LogP contribution in [-0.2, 0) is 4.79 Å². The summed E-state index contributed by atoms with van der Waals surface area (Å²) in [5, 5.41) is 0. The topological polar surface area (TPSA) is 46.3 Å². The average molecular weight is 210 g/mol. The van der Waals surface area contributed by atoms with E-state index in [0.29, 0.717) is 5.92 Å². The first kappa shape index (κ1) is 10.9. The van der Waals surface area contributed by atoms with Gasteiger partial charge in [0.15, 0.2) is 0 Å². The van der Waals surface area contributed by atoms with E-state index in [-0.39, 0.29) is 22.9 Å². The highest BCUT2D eigenvalue weighted by Gasteiger charge is 2.53. The van der Waals surface area contributed by atoms with E-state index in [0.717, 1.165) is 19.4 Å². The minimum atomic E-state index is -0.115. The van der Waals surface area contributed by atoms with E-state index in [4.69, 9.17) is 5.73 Å². The molecule has 0 aromatic heterocycles. The molecule has 86 valence electrons. The third-order valence-electron chi connectivity index (χ3n) is 4.30. The van der Waals surface area contributed by atoms with Crippen molar-refractivity contribution in [2.24, 2.45) is 17.6 Å². The molecule has 0 radical (unpaired) electrons. The van der Waals surface area contributed by atoms with E-state index in [1.165, 1.54) is 0 Å². The fourth-order valence-electron chi connectivity index (χ4n) is 3.84. The molecule has 1 atom stereocenters. The van der Waals surface area contributed by atoms with Crippen molar-refractivity contribution in [2.45, 2.75) is 51.6 Å². The third kappa shape index (κ3) is 1.57. The van der Waals surface area contributed by atoms with Crippen LogP contribution in [0.1, 0.15) is 40.5 Å². The molecule has 0 saturated carbocycles. The molecular weight excluding hydrogens is 188 g/mol. The van der Waals surface area contributed by atoms with Crippen molar-refractivity contribution in [2.75, 3.05) is 6.54 Å². The summed E-state index contributed by atoms with van der Waals surface area (Å²) in [5.41, 5.74) is 5.91. The monoisotopic (exact) mass is 210 g/mol. The third-order valence-corrected chi connectivity index (χ3v) is 4.30. The first-order valence-corrected chi connectivity index (χ1v) is 5.81. The molecule has 3 aliphatic rings. The van der Waals surface area contributed by atoms with Crippen molar-refractivity contribution in [1.82, 2.24) is 4.90 Å². The Kier molecular flexibility index (Phi) is 2.16. The van der Waals surface area contributed by atoms with Gasteiger partial charge in [-0.15, -0.1) is 0 Å².